The molecule has 3 heterocycles. The predicted molar refractivity (Wildman–Crippen MR) is 147 cm³/mol. The number of nitrogens with one attached hydrogen (secondary N) is 2. The van der Waals surface area contributed by atoms with Crippen molar-refractivity contribution in [3.63, 3.8) is 0 Å². The summed E-state index contributed by atoms with van der Waals surface area (Å²) in [5.74, 6) is -0.920. The van der Waals surface area contributed by atoms with E-state index >= 15 is 0 Å². The van der Waals surface area contributed by atoms with Crippen LogP contribution in [-0.2, 0) is 6.54 Å². The monoisotopic (exact) mass is 570 g/mol. The highest BCUT2D eigenvalue weighted by Crippen LogP contribution is 2.26. The van der Waals surface area contributed by atoms with Crippen molar-refractivity contribution >= 4 is 45.8 Å². The summed E-state index contributed by atoms with van der Waals surface area (Å²) in [5, 5.41) is 38.6. The van der Waals surface area contributed by atoms with Gasteiger partial charge < -0.3 is 10.6 Å². The summed E-state index contributed by atoms with van der Waals surface area (Å²) < 4.78 is 2.76. The van der Waals surface area contributed by atoms with Gasteiger partial charge in [0.2, 0.25) is 0 Å². The van der Waals surface area contributed by atoms with Gasteiger partial charge in [-0.25, -0.2) is 14.3 Å². The summed E-state index contributed by atoms with van der Waals surface area (Å²) in [5.41, 5.74) is 2.25. The van der Waals surface area contributed by atoms with Gasteiger partial charge in [-0.05, 0) is 48.9 Å². The van der Waals surface area contributed by atoms with Crippen LogP contribution in [0.5, 0.6) is 0 Å². The molecule has 0 radical (unpaired) electrons. The van der Waals surface area contributed by atoms with E-state index in [0.29, 0.717) is 22.3 Å². The molecule has 41 heavy (non-hydrogen) atoms. The number of benzene rings is 2. The van der Waals surface area contributed by atoms with Crippen LogP contribution in [0.15, 0.2) is 54.7 Å². The Morgan fingerprint density at radius 2 is 1.98 bits per heavy atom. The highest BCUT2D eigenvalue weighted by molar-refractivity contribution is 6.32. The van der Waals surface area contributed by atoms with Crippen LogP contribution in [0.1, 0.15) is 37.7 Å². The van der Waals surface area contributed by atoms with Crippen molar-refractivity contribution in [1.82, 2.24) is 35.1 Å². The Kier molecular flexibility index (Phi) is 7.11. The van der Waals surface area contributed by atoms with E-state index < -0.39 is 16.7 Å². The Morgan fingerprint density at radius 1 is 1.17 bits per heavy atom. The number of fused-ring (bicyclic) bond motifs is 1. The van der Waals surface area contributed by atoms with Gasteiger partial charge in [-0.2, -0.15) is 10.4 Å². The van der Waals surface area contributed by atoms with Crippen LogP contribution in [-0.4, -0.2) is 53.5 Å². The first-order valence-electron chi connectivity index (χ1n) is 12.0. The van der Waals surface area contributed by atoms with E-state index in [1.54, 1.807) is 25.1 Å². The average molecular weight is 571 g/mol. The summed E-state index contributed by atoms with van der Waals surface area (Å²) in [6.07, 6.45) is 1.50. The van der Waals surface area contributed by atoms with Crippen molar-refractivity contribution < 1.29 is 14.5 Å². The van der Waals surface area contributed by atoms with Crippen LogP contribution in [0.2, 0.25) is 5.02 Å². The molecule has 0 aliphatic rings. The Morgan fingerprint density at radius 3 is 2.68 bits per heavy atom. The van der Waals surface area contributed by atoms with Gasteiger partial charge in [0.15, 0.2) is 5.82 Å². The molecular formula is C26H19ClN10O4. The standard InChI is InChI=1S/C26H19ClN10O4/c1-14-8-15(12-28)9-18(25(38)29-2)23(14)31-26(39)22-10-16(33-36(22)24-19(27)4-3-7-30-24)13-35-21-6-5-17(37(40)41)11-20(21)32-34-35/h3-11H,13H2,1-2H3,(H,29,38)(H,31,39). The van der Waals surface area contributed by atoms with Crippen LogP contribution < -0.4 is 10.6 Å². The minimum Gasteiger partial charge on any atom is -0.355 e. The molecule has 0 aliphatic carbocycles. The number of hydrogen-bond acceptors (Lipinski definition) is 9. The lowest BCUT2D eigenvalue weighted by Gasteiger charge is -2.14. The SMILES string of the molecule is CNC(=O)c1cc(C#N)cc(C)c1NC(=O)c1cc(Cn2nnc3cc([N+](=O)[O-])ccc32)nn1-c1ncccc1Cl. The number of nitriles is 1. The second kappa shape index (κ2) is 10.8. The fraction of sp³-hybridized carbons (Fsp3) is 0.115. The molecule has 0 bridgehead atoms. The van der Waals surface area contributed by atoms with Crippen LogP contribution in [0.4, 0.5) is 11.4 Å². The number of non-ortho nitro benzene ring substituents is 1. The van der Waals surface area contributed by atoms with Crippen molar-refractivity contribution in [2.45, 2.75) is 13.5 Å². The number of nitrogens with zero attached hydrogens (tertiary/aromatic N) is 8. The third-order valence-electron chi connectivity index (χ3n) is 6.13. The Bertz CT molecular complexity index is 1910. The minimum atomic E-state index is -0.623. The zero-order valence-corrected chi connectivity index (χ0v) is 22.2. The summed E-state index contributed by atoms with van der Waals surface area (Å²) in [4.78, 5) is 41.1. The minimum absolute atomic E-state index is 0.0484. The number of halogens is 1. The fourth-order valence-corrected chi connectivity index (χ4v) is 4.42. The zero-order valence-electron chi connectivity index (χ0n) is 21.5. The molecule has 0 saturated heterocycles. The number of nitro groups is 1. The van der Waals surface area contributed by atoms with Crippen molar-refractivity contribution in [3.8, 4) is 11.9 Å². The molecular weight excluding hydrogens is 552 g/mol. The highest BCUT2D eigenvalue weighted by atomic mass is 35.5. The molecule has 0 unspecified atom stereocenters. The maximum atomic E-state index is 13.7. The molecule has 0 spiro atoms. The number of hydrogen-bond donors (Lipinski definition) is 2. The lowest BCUT2D eigenvalue weighted by molar-refractivity contribution is -0.384. The Labute approximate surface area is 236 Å². The summed E-state index contributed by atoms with van der Waals surface area (Å²) in [6.45, 7) is 1.73. The van der Waals surface area contributed by atoms with Crippen LogP contribution in [0.3, 0.4) is 0 Å². The van der Waals surface area contributed by atoms with E-state index in [9.17, 15) is 25.0 Å². The molecule has 0 fully saturated rings. The first-order valence-corrected chi connectivity index (χ1v) is 12.3. The lowest BCUT2D eigenvalue weighted by Crippen LogP contribution is -2.24. The molecule has 0 aliphatic heterocycles. The number of aryl methyl sites for hydroxylation is 1. The van der Waals surface area contributed by atoms with Gasteiger partial charge in [0.25, 0.3) is 17.5 Å². The molecule has 2 N–H and O–H groups in total. The lowest BCUT2D eigenvalue weighted by atomic mass is 10.0. The third kappa shape index (κ3) is 5.16. The summed E-state index contributed by atoms with van der Waals surface area (Å²) >= 11 is 6.39. The van der Waals surface area contributed by atoms with Gasteiger partial charge in [-0.3, -0.25) is 19.7 Å². The molecule has 15 heteroatoms. The second-order valence-corrected chi connectivity index (χ2v) is 9.19. The molecule has 0 saturated carbocycles. The van der Waals surface area contributed by atoms with E-state index in [0.717, 1.165) is 0 Å². The fourth-order valence-electron chi connectivity index (χ4n) is 4.22. The average Bonchev–Trinajstić information content (AvgIpc) is 3.57. The van der Waals surface area contributed by atoms with Gasteiger partial charge in [0, 0.05) is 25.4 Å². The number of anilines is 1. The number of carbonyl (C=O) groups excluding carboxylic acids is 2. The number of nitro benzene ring substituents is 1. The molecule has 5 rings (SSSR count). The topological polar surface area (TPSA) is 187 Å². The third-order valence-corrected chi connectivity index (χ3v) is 6.42. The summed E-state index contributed by atoms with van der Waals surface area (Å²) in [7, 11) is 1.44. The molecule has 14 nitrogen and oxygen atoms in total. The van der Waals surface area contributed by atoms with Crippen molar-refractivity contribution in [3.05, 3.63) is 97.9 Å². The maximum absolute atomic E-state index is 13.7. The van der Waals surface area contributed by atoms with Gasteiger partial charge in [-0.15, -0.1) is 5.10 Å². The van der Waals surface area contributed by atoms with Crippen LogP contribution >= 0.6 is 11.6 Å². The molecule has 5 aromatic rings. The van der Waals surface area contributed by atoms with Gasteiger partial charge in [0.05, 0.1) is 50.6 Å². The molecule has 2 amide bonds. The normalized spacial score (nSPS) is 10.8. The van der Waals surface area contributed by atoms with Gasteiger partial charge in [-0.1, -0.05) is 16.8 Å². The van der Waals surface area contributed by atoms with E-state index in [4.69, 9.17) is 11.6 Å². The van der Waals surface area contributed by atoms with E-state index in [-0.39, 0.29) is 45.6 Å². The Balaban J connectivity index is 1.56. The van der Waals surface area contributed by atoms with E-state index in [2.05, 4.69) is 31.0 Å². The predicted octanol–water partition coefficient (Wildman–Crippen LogP) is 3.41. The molecule has 3 aromatic heterocycles. The van der Waals surface area contributed by atoms with E-state index in [1.165, 1.54) is 52.9 Å². The van der Waals surface area contributed by atoms with Crippen molar-refractivity contribution in [2.24, 2.45) is 0 Å². The maximum Gasteiger partial charge on any atom is 0.274 e. The Hall–Kier alpha value is -5.68. The first kappa shape index (κ1) is 26.9. The number of carbonyl (C=O) groups is 2. The largest absolute Gasteiger partial charge is 0.355 e. The molecule has 204 valence electrons. The quantitative estimate of drug-likeness (QED) is 0.218. The van der Waals surface area contributed by atoms with Crippen molar-refractivity contribution in [1.29, 1.82) is 5.26 Å². The van der Waals surface area contributed by atoms with Gasteiger partial charge >= 0.3 is 0 Å². The summed E-state index contributed by atoms with van der Waals surface area (Å²) in [6, 6.07) is 13.9. The van der Waals surface area contributed by atoms with Crippen LogP contribution in [0.25, 0.3) is 16.9 Å². The number of pyridine rings is 1. The molecule has 2 aromatic carbocycles. The number of rotatable bonds is 7. The zero-order chi connectivity index (χ0) is 29.3. The highest BCUT2D eigenvalue weighted by Gasteiger charge is 2.23. The number of amides is 2. The number of aromatic nitrogens is 6. The first-order chi connectivity index (χ1) is 19.7. The second-order valence-electron chi connectivity index (χ2n) is 8.78. The smallest absolute Gasteiger partial charge is 0.274 e. The van der Waals surface area contributed by atoms with Crippen molar-refractivity contribution in [2.75, 3.05) is 12.4 Å². The van der Waals surface area contributed by atoms with E-state index in [1.807, 2.05) is 6.07 Å². The van der Waals surface area contributed by atoms with Gasteiger partial charge in [0.1, 0.15) is 11.2 Å². The molecule has 0 atom stereocenters. The van der Waals surface area contributed by atoms with Crippen LogP contribution in [0, 0.1) is 28.4 Å².